The SMILES string of the molecule is O=S(=O)(N1C=CN(S(=O)(=O)C(F)(F)F)C=CN(S(=O)(=O)C(F)(F)F)C=C1)C(F)(F)F. The summed E-state index contributed by atoms with van der Waals surface area (Å²) in [5.74, 6) is 0. The molecule has 9 nitrogen and oxygen atoms in total. The molecule has 30 heavy (non-hydrogen) atoms. The Morgan fingerprint density at radius 2 is 0.533 bits per heavy atom. The molecule has 1 rings (SSSR count). The summed E-state index contributed by atoms with van der Waals surface area (Å²) in [7, 11) is -19.6. The van der Waals surface area contributed by atoms with Crippen molar-refractivity contribution in [3.8, 4) is 0 Å². The molecule has 0 atom stereocenters. The van der Waals surface area contributed by atoms with E-state index in [1.165, 1.54) is 0 Å². The molecule has 0 aromatic rings. The minimum absolute atomic E-state index is 0.420. The maximum absolute atomic E-state index is 12.7. The summed E-state index contributed by atoms with van der Waals surface area (Å²) in [6, 6.07) is 0. The van der Waals surface area contributed by atoms with Crippen molar-refractivity contribution < 1.29 is 64.8 Å². The van der Waals surface area contributed by atoms with Gasteiger partial charge >= 0.3 is 46.6 Å². The lowest BCUT2D eigenvalue weighted by atomic mass is 10.8. The Balaban J connectivity index is 3.79. The fourth-order valence-electron chi connectivity index (χ4n) is 1.38. The van der Waals surface area contributed by atoms with Crippen LogP contribution in [-0.2, 0) is 30.1 Å². The number of halogens is 9. The molecule has 0 aliphatic carbocycles. The number of nitrogens with zero attached hydrogens (tertiary/aromatic N) is 3. The van der Waals surface area contributed by atoms with Crippen LogP contribution < -0.4 is 0 Å². The van der Waals surface area contributed by atoms with Crippen molar-refractivity contribution in [1.82, 2.24) is 12.9 Å². The number of sulfonamides is 3. The maximum atomic E-state index is 12.7. The van der Waals surface area contributed by atoms with E-state index in [-0.39, 0.29) is 0 Å². The second kappa shape index (κ2) is 7.51. The van der Waals surface area contributed by atoms with Gasteiger partial charge in [0.25, 0.3) is 0 Å². The highest BCUT2D eigenvalue weighted by molar-refractivity contribution is 7.90. The van der Waals surface area contributed by atoms with E-state index in [0.29, 0.717) is 0 Å². The van der Waals surface area contributed by atoms with Crippen LogP contribution in [0.5, 0.6) is 0 Å². The summed E-state index contributed by atoms with van der Waals surface area (Å²) in [4.78, 5) is 0. The average Bonchev–Trinajstić information content (AvgIpc) is 2.61. The second-order valence-corrected chi connectivity index (χ2v) is 10.2. The lowest BCUT2D eigenvalue weighted by Gasteiger charge is -2.20. The monoisotopic (exact) mass is 519 g/mol. The van der Waals surface area contributed by atoms with Gasteiger partial charge in [-0.2, -0.15) is 64.8 Å². The molecule has 0 fully saturated rings. The fourth-order valence-corrected chi connectivity index (χ4v) is 3.39. The van der Waals surface area contributed by atoms with Crippen molar-refractivity contribution in [3.63, 3.8) is 0 Å². The van der Waals surface area contributed by atoms with Gasteiger partial charge in [0.05, 0.1) is 0 Å². The van der Waals surface area contributed by atoms with Gasteiger partial charge in [0.2, 0.25) is 0 Å². The summed E-state index contributed by atoms with van der Waals surface area (Å²) in [6.07, 6.45) is -2.52. The summed E-state index contributed by atoms with van der Waals surface area (Å²) in [5.41, 5.74) is -18.5. The third-order valence-electron chi connectivity index (χ3n) is 2.79. The van der Waals surface area contributed by atoms with Gasteiger partial charge < -0.3 is 0 Å². The van der Waals surface area contributed by atoms with Crippen molar-refractivity contribution in [1.29, 1.82) is 0 Å². The number of hydrogen-bond donors (Lipinski definition) is 0. The summed E-state index contributed by atoms with van der Waals surface area (Å²) >= 11 is 0. The van der Waals surface area contributed by atoms with Gasteiger partial charge in [-0.05, 0) is 0 Å². The number of hydrogen-bond acceptors (Lipinski definition) is 6. The number of alkyl halides is 9. The largest absolute Gasteiger partial charge is 0.517 e. The van der Waals surface area contributed by atoms with Gasteiger partial charge in [-0.1, -0.05) is 0 Å². The van der Waals surface area contributed by atoms with Crippen LogP contribution in [0, 0.1) is 0 Å². The first-order valence-corrected chi connectivity index (χ1v) is 10.7. The van der Waals surface area contributed by atoms with Crippen LogP contribution in [0.2, 0.25) is 0 Å². The molecule has 0 aromatic carbocycles. The Labute approximate surface area is 162 Å². The van der Waals surface area contributed by atoms with Crippen LogP contribution in [0.3, 0.4) is 0 Å². The van der Waals surface area contributed by atoms with E-state index in [1.54, 1.807) is 0 Å². The van der Waals surface area contributed by atoms with Gasteiger partial charge in [0.1, 0.15) is 0 Å². The third kappa shape index (κ3) is 4.77. The lowest BCUT2D eigenvalue weighted by molar-refractivity contribution is -0.0477. The molecule has 1 aliphatic heterocycles. The summed E-state index contributed by atoms with van der Waals surface area (Å²) < 4.78 is 179. The van der Waals surface area contributed by atoms with E-state index in [1.807, 2.05) is 0 Å². The Morgan fingerprint density at radius 1 is 0.400 bits per heavy atom. The van der Waals surface area contributed by atoms with Crippen LogP contribution in [-0.4, -0.2) is 54.7 Å². The van der Waals surface area contributed by atoms with Crippen LogP contribution in [0.25, 0.3) is 0 Å². The standard InChI is InChI=1S/C9H6F9N3O6S3/c10-7(11,12)28(22,23)19-1-2-20(29(24,25)8(13,14)15)5-6-21(4-3-19)30(26,27)9(16,17)18/h1-6H. The van der Waals surface area contributed by atoms with E-state index < -0.39 is 96.7 Å². The smallest absolute Gasteiger partial charge is 0.242 e. The zero-order chi connectivity index (χ0) is 24.0. The molecule has 0 unspecified atom stereocenters. The van der Waals surface area contributed by atoms with E-state index in [0.717, 1.165) is 0 Å². The maximum Gasteiger partial charge on any atom is 0.517 e. The molecule has 0 N–H and O–H groups in total. The van der Waals surface area contributed by atoms with Crippen molar-refractivity contribution in [2.45, 2.75) is 16.5 Å². The predicted octanol–water partition coefficient (Wildman–Crippen LogP) is 1.87. The summed E-state index contributed by atoms with van der Waals surface area (Å²) in [6.45, 7) is 0. The predicted molar refractivity (Wildman–Crippen MR) is 77.9 cm³/mol. The first-order chi connectivity index (χ1) is 13.1. The second-order valence-electron chi connectivity index (χ2n) is 4.74. The summed E-state index contributed by atoms with van der Waals surface area (Å²) in [5, 5.41) is 0. The average molecular weight is 519 g/mol. The molecule has 174 valence electrons. The molecule has 0 radical (unpaired) electrons. The molecule has 21 heteroatoms. The first kappa shape index (κ1) is 25.9. The molecule has 1 aliphatic rings. The molecule has 0 saturated carbocycles. The minimum atomic E-state index is -6.54. The normalized spacial score (nSPS) is 17.7. The molecule has 1 heterocycles. The van der Waals surface area contributed by atoms with Crippen molar-refractivity contribution in [2.24, 2.45) is 0 Å². The quantitative estimate of drug-likeness (QED) is 0.527. The Hall–Kier alpha value is -2.16. The zero-order valence-corrected chi connectivity index (χ0v) is 15.8. The van der Waals surface area contributed by atoms with E-state index in [4.69, 9.17) is 0 Å². The van der Waals surface area contributed by atoms with Gasteiger partial charge in [-0.15, -0.1) is 0 Å². The molecule has 0 amide bonds. The molecular weight excluding hydrogens is 513 g/mol. The number of rotatable bonds is 3. The van der Waals surface area contributed by atoms with Crippen LogP contribution >= 0.6 is 0 Å². The third-order valence-corrected chi connectivity index (χ3v) is 6.94. The highest BCUT2D eigenvalue weighted by Crippen LogP contribution is 2.32. The zero-order valence-electron chi connectivity index (χ0n) is 13.4. The van der Waals surface area contributed by atoms with E-state index in [2.05, 4.69) is 0 Å². The molecule has 0 bridgehead atoms. The first-order valence-electron chi connectivity index (χ1n) is 6.41. The molecule has 0 aromatic heterocycles. The van der Waals surface area contributed by atoms with Crippen molar-refractivity contribution in [3.05, 3.63) is 37.2 Å². The van der Waals surface area contributed by atoms with E-state index in [9.17, 15) is 64.8 Å². The van der Waals surface area contributed by atoms with Crippen LogP contribution in [0.15, 0.2) is 37.2 Å². The lowest BCUT2D eigenvalue weighted by Crippen LogP contribution is -2.36. The van der Waals surface area contributed by atoms with Gasteiger partial charge in [-0.25, -0.2) is 12.9 Å². The highest BCUT2D eigenvalue weighted by atomic mass is 32.2. The van der Waals surface area contributed by atoms with Crippen molar-refractivity contribution >= 4 is 30.1 Å². The van der Waals surface area contributed by atoms with E-state index >= 15 is 0 Å². The van der Waals surface area contributed by atoms with Crippen LogP contribution in [0.1, 0.15) is 0 Å². The topological polar surface area (TPSA) is 112 Å². The highest BCUT2D eigenvalue weighted by Gasteiger charge is 2.52. The fraction of sp³-hybridized carbons (Fsp3) is 0.333. The molecule has 0 spiro atoms. The van der Waals surface area contributed by atoms with Gasteiger partial charge in [0, 0.05) is 37.2 Å². The molecule has 0 saturated heterocycles. The Morgan fingerprint density at radius 3 is 0.633 bits per heavy atom. The minimum Gasteiger partial charge on any atom is -0.242 e. The molecular formula is C9H6F9N3O6S3. The van der Waals surface area contributed by atoms with Crippen molar-refractivity contribution in [2.75, 3.05) is 0 Å². The van der Waals surface area contributed by atoms with Gasteiger partial charge in [-0.3, -0.25) is 0 Å². The van der Waals surface area contributed by atoms with Crippen LogP contribution in [0.4, 0.5) is 39.5 Å². The Bertz CT molecular complexity index is 912. The van der Waals surface area contributed by atoms with Gasteiger partial charge in [0.15, 0.2) is 0 Å². The Kier molecular flexibility index (Phi) is 6.48.